The van der Waals surface area contributed by atoms with Gasteiger partial charge in [0.1, 0.15) is 0 Å². The van der Waals surface area contributed by atoms with Gasteiger partial charge in [-0.05, 0) is 42.7 Å². The molecule has 0 N–H and O–H groups in total. The summed E-state index contributed by atoms with van der Waals surface area (Å²) in [6, 6.07) is 15.9. The number of piperazine rings is 1. The van der Waals surface area contributed by atoms with Crippen molar-refractivity contribution in [3.05, 3.63) is 65.7 Å². The van der Waals surface area contributed by atoms with Crippen molar-refractivity contribution >= 4 is 21.9 Å². The van der Waals surface area contributed by atoms with Crippen LogP contribution in [0.1, 0.15) is 35.2 Å². The van der Waals surface area contributed by atoms with E-state index in [9.17, 15) is 18.0 Å². The minimum atomic E-state index is -3.55. The quantitative estimate of drug-likeness (QED) is 0.560. The van der Waals surface area contributed by atoms with Gasteiger partial charge in [0.25, 0.3) is 5.91 Å². The van der Waals surface area contributed by atoms with Gasteiger partial charge in [0, 0.05) is 45.8 Å². The third-order valence-corrected chi connectivity index (χ3v) is 8.26. The Morgan fingerprint density at radius 2 is 1.44 bits per heavy atom. The van der Waals surface area contributed by atoms with Crippen LogP contribution in [0.25, 0.3) is 0 Å². The van der Waals surface area contributed by atoms with Gasteiger partial charge in [0.05, 0.1) is 10.5 Å². The highest BCUT2D eigenvalue weighted by Gasteiger charge is 2.26. The van der Waals surface area contributed by atoms with Crippen LogP contribution in [0.5, 0.6) is 0 Å². The Hall–Kier alpha value is -2.75. The molecule has 0 saturated carbocycles. The molecule has 8 nitrogen and oxygen atoms in total. The maximum absolute atomic E-state index is 12.7. The van der Waals surface area contributed by atoms with Crippen molar-refractivity contribution in [2.24, 2.45) is 0 Å². The zero-order valence-electron chi connectivity index (χ0n) is 19.3. The molecule has 2 heterocycles. The van der Waals surface area contributed by atoms with E-state index in [0.717, 1.165) is 38.9 Å². The molecule has 0 atom stereocenters. The summed E-state index contributed by atoms with van der Waals surface area (Å²) in [5.41, 5.74) is 1.46. The van der Waals surface area contributed by atoms with Gasteiger partial charge >= 0.3 is 5.97 Å². The molecule has 0 aromatic heterocycles. The molecule has 0 bridgehead atoms. The Bertz CT molecular complexity index is 1080. The predicted octanol–water partition coefficient (Wildman–Crippen LogP) is 2.36. The van der Waals surface area contributed by atoms with Crippen molar-refractivity contribution in [1.29, 1.82) is 0 Å². The van der Waals surface area contributed by atoms with Crippen LogP contribution in [0.3, 0.4) is 0 Å². The third kappa shape index (κ3) is 6.02. The Morgan fingerprint density at radius 1 is 0.794 bits per heavy atom. The molecule has 0 spiro atoms. The van der Waals surface area contributed by atoms with Gasteiger partial charge in [0.15, 0.2) is 6.61 Å². The minimum Gasteiger partial charge on any atom is -0.452 e. The molecular weight excluding hydrogens is 454 g/mol. The van der Waals surface area contributed by atoms with E-state index in [4.69, 9.17) is 4.74 Å². The Labute approximate surface area is 201 Å². The lowest BCUT2D eigenvalue weighted by atomic mass is 10.2. The summed E-state index contributed by atoms with van der Waals surface area (Å²) in [4.78, 5) is 29.1. The Kier molecular flexibility index (Phi) is 7.97. The van der Waals surface area contributed by atoms with Crippen molar-refractivity contribution in [3.8, 4) is 0 Å². The maximum Gasteiger partial charge on any atom is 0.338 e. The van der Waals surface area contributed by atoms with Crippen molar-refractivity contribution in [2.45, 2.75) is 30.7 Å². The molecule has 34 heavy (non-hydrogen) atoms. The summed E-state index contributed by atoms with van der Waals surface area (Å²) >= 11 is 0. The number of piperidine rings is 1. The van der Waals surface area contributed by atoms with Gasteiger partial charge in [0.2, 0.25) is 10.0 Å². The van der Waals surface area contributed by atoms with Gasteiger partial charge < -0.3 is 9.64 Å². The highest BCUT2D eigenvalue weighted by molar-refractivity contribution is 7.89. The van der Waals surface area contributed by atoms with E-state index in [2.05, 4.69) is 17.0 Å². The summed E-state index contributed by atoms with van der Waals surface area (Å²) in [5, 5.41) is 0. The summed E-state index contributed by atoms with van der Waals surface area (Å²) in [6.07, 6.45) is 2.76. The first kappa shape index (κ1) is 24.4. The minimum absolute atomic E-state index is 0.162. The monoisotopic (exact) mass is 485 g/mol. The number of ether oxygens (including phenoxy) is 1. The second-order valence-electron chi connectivity index (χ2n) is 8.71. The van der Waals surface area contributed by atoms with E-state index in [0.29, 0.717) is 26.2 Å². The number of hydrogen-bond acceptors (Lipinski definition) is 6. The molecule has 0 radical (unpaired) electrons. The molecule has 2 saturated heterocycles. The molecule has 2 aliphatic rings. The fourth-order valence-corrected chi connectivity index (χ4v) is 5.83. The van der Waals surface area contributed by atoms with Gasteiger partial charge in [-0.15, -0.1) is 0 Å². The van der Waals surface area contributed by atoms with Crippen molar-refractivity contribution in [3.63, 3.8) is 0 Å². The first-order valence-corrected chi connectivity index (χ1v) is 13.2. The molecule has 0 aliphatic carbocycles. The zero-order valence-corrected chi connectivity index (χ0v) is 20.1. The summed E-state index contributed by atoms with van der Waals surface area (Å²) in [7, 11) is -3.55. The van der Waals surface area contributed by atoms with E-state index in [-0.39, 0.29) is 23.0 Å². The van der Waals surface area contributed by atoms with E-state index in [1.165, 1.54) is 34.1 Å². The van der Waals surface area contributed by atoms with Gasteiger partial charge in [-0.25, -0.2) is 13.2 Å². The summed E-state index contributed by atoms with van der Waals surface area (Å²) < 4.78 is 32.2. The molecule has 2 aromatic carbocycles. The molecule has 2 aliphatic heterocycles. The molecule has 9 heteroatoms. The SMILES string of the molecule is O=C(OCC(=O)N1CCN(Cc2ccccc2)CC1)c1ccc(S(=O)(=O)N2CCCCC2)cc1. The Morgan fingerprint density at radius 3 is 2.09 bits per heavy atom. The normalized spacial score (nSPS) is 17.9. The van der Waals surface area contributed by atoms with E-state index in [1.54, 1.807) is 4.90 Å². The smallest absolute Gasteiger partial charge is 0.338 e. The topological polar surface area (TPSA) is 87.2 Å². The second kappa shape index (κ2) is 11.1. The lowest BCUT2D eigenvalue weighted by Gasteiger charge is -2.34. The van der Waals surface area contributed by atoms with E-state index in [1.807, 2.05) is 18.2 Å². The summed E-state index contributed by atoms with van der Waals surface area (Å²) in [5.74, 6) is -0.866. The first-order valence-electron chi connectivity index (χ1n) is 11.7. The fraction of sp³-hybridized carbons (Fsp3) is 0.440. The van der Waals surface area contributed by atoms with E-state index >= 15 is 0 Å². The second-order valence-corrected chi connectivity index (χ2v) is 10.6. The molecule has 4 rings (SSSR count). The van der Waals surface area contributed by atoms with Crippen molar-refractivity contribution in [1.82, 2.24) is 14.1 Å². The highest BCUT2D eigenvalue weighted by Crippen LogP contribution is 2.21. The third-order valence-electron chi connectivity index (χ3n) is 6.34. The van der Waals surface area contributed by atoms with Gasteiger partial charge in [-0.1, -0.05) is 36.8 Å². The number of amides is 1. The van der Waals surface area contributed by atoms with E-state index < -0.39 is 16.0 Å². The first-order chi connectivity index (χ1) is 16.4. The zero-order chi connectivity index (χ0) is 24.0. The number of carbonyl (C=O) groups is 2. The van der Waals surface area contributed by atoms with Crippen molar-refractivity contribution in [2.75, 3.05) is 45.9 Å². The number of rotatable bonds is 7. The van der Waals surface area contributed by atoms with Gasteiger partial charge in [-0.2, -0.15) is 4.31 Å². The Balaban J connectivity index is 1.24. The van der Waals surface area contributed by atoms with Crippen LogP contribution in [-0.2, 0) is 26.1 Å². The molecule has 2 aromatic rings. The van der Waals surface area contributed by atoms with Crippen LogP contribution in [0.2, 0.25) is 0 Å². The van der Waals surface area contributed by atoms with Gasteiger partial charge in [-0.3, -0.25) is 9.69 Å². The number of carbonyl (C=O) groups excluding carboxylic acids is 2. The van der Waals surface area contributed by atoms with Crippen LogP contribution in [0, 0.1) is 0 Å². The van der Waals surface area contributed by atoms with Crippen LogP contribution in [0.15, 0.2) is 59.5 Å². The lowest BCUT2D eigenvalue weighted by Crippen LogP contribution is -2.49. The molecular formula is C25H31N3O5S. The van der Waals surface area contributed by atoms with Crippen LogP contribution in [0.4, 0.5) is 0 Å². The molecule has 0 unspecified atom stereocenters. The average molecular weight is 486 g/mol. The predicted molar refractivity (Wildman–Crippen MR) is 128 cm³/mol. The number of nitrogens with zero attached hydrogens (tertiary/aromatic N) is 3. The molecule has 2 fully saturated rings. The van der Waals surface area contributed by atoms with Crippen LogP contribution in [-0.4, -0.2) is 80.3 Å². The number of benzene rings is 2. The maximum atomic E-state index is 12.7. The summed E-state index contributed by atoms with van der Waals surface area (Å²) in [6.45, 7) is 4.28. The number of hydrogen-bond donors (Lipinski definition) is 0. The average Bonchev–Trinajstić information content (AvgIpc) is 2.88. The van der Waals surface area contributed by atoms with Crippen LogP contribution < -0.4 is 0 Å². The van der Waals surface area contributed by atoms with Crippen molar-refractivity contribution < 1.29 is 22.7 Å². The lowest BCUT2D eigenvalue weighted by molar-refractivity contribution is -0.136. The number of sulfonamides is 1. The molecule has 1 amide bonds. The standard InChI is InChI=1S/C25H31N3O5S/c29-24(27-17-15-26(16-18-27)19-21-7-3-1-4-8-21)20-33-25(30)22-9-11-23(12-10-22)34(31,32)28-13-5-2-6-14-28/h1,3-4,7-12H,2,5-6,13-20H2. The highest BCUT2D eigenvalue weighted by atomic mass is 32.2. The largest absolute Gasteiger partial charge is 0.452 e. The van der Waals surface area contributed by atoms with Crippen LogP contribution >= 0.6 is 0 Å². The number of esters is 1. The molecule has 182 valence electrons. The fourth-order valence-electron chi connectivity index (χ4n) is 4.32.